The molecule has 0 aliphatic heterocycles. The minimum absolute atomic E-state index is 0.0736. The first-order chi connectivity index (χ1) is 11.3. The number of benzene rings is 1. The molecule has 5 nitrogen and oxygen atoms in total. The molecule has 2 rings (SSSR count). The summed E-state index contributed by atoms with van der Waals surface area (Å²) in [5, 5.41) is 3.17. The number of urea groups is 1. The highest BCUT2D eigenvalue weighted by Crippen LogP contribution is 2.34. The third-order valence-electron chi connectivity index (χ3n) is 4.00. The van der Waals surface area contributed by atoms with Crippen LogP contribution in [0, 0.1) is 12.3 Å². The lowest BCUT2D eigenvalue weighted by molar-refractivity contribution is 0.186. The minimum atomic E-state index is -0.121. The lowest BCUT2D eigenvalue weighted by Gasteiger charge is -2.34. The molecule has 24 heavy (non-hydrogen) atoms. The Hall–Kier alpha value is -2.43. The zero-order chi connectivity index (χ0) is 17.7. The summed E-state index contributed by atoms with van der Waals surface area (Å²) in [7, 11) is 1.77. The molecule has 0 saturated heterocycles. The summed E-state index contributed by atoms with van der Waals surface area (Å²) in [5.74, 6) is 0. The Morgan fingerprint density at radius 1 is 1.25 bits per heavy atom. The van der Waals surface area contributed by atoms with Gasteiger partial charge in [-0.1, -0.05) is 45.0 Å². The van der Waals surface area contributed by atoms with Gasteiger partial charge >= 0.3 is 6.03 Å². The fourth-order valence-electron chi connectivity index (χ4n) is 2.63. The second kappa shape index (κ2) is 7.43. The monoisotopic (exact) mass is 326 g/mol. The van der Waals surface area contributed by atoms with Crippen LogP contribution in [0.15, 0.2) is 42.9 Å². The molecule has 0 unspecified atom stereocenters. The van der Waals surface area contributed by atoms with Gasteiger partial charge in [-0.2, -0.15) is 0 Å². The van der Waals surface area contributed by atoms with E-state index in [1.165, 1.54) is 5.56 Å². The largest absolute Gasteiger partial charge is 0.331 e. The van der Waals surface area contributed by atoms with E-state index in [2.05, 4.69) is 55.1 Å². The second-order valence-electron chi connectivity index (χ2n) is 7.16. The number of nitrogens with zero attached hydrogens (tertiary/aromatic N) is 3. The highest BCUT2D eigenvalue weighted by Gasteiger charge is 2.29. The molecule has 128 valence electrons. The Bertz CT molecular complexity index is 679. The van der Waals surface area contributed by atoms with E-state index in [1.807, 2.05) is 12.1 Å². The van der Waals surface area contributed by atoms with Crippen molar-refractivity contribution in [1.82, 2.24) is 20.2 Å². The van der Waals surface area contributed by atoms with Crippen LogP contribution in [0.2, 0.25) is 0 Å². The van der Waals surface area contributed by atoms with Crippen LogP contribution >= 0.6 is 0 Å². The first kappa shape index (κ1) is 17.9. The van der Waals surface area contributed by atoms with E-state index in [9.17, 15) is 4.79 Å². The minimum Gasteiger partial charge on any atom is -0.331 e. The quantitative estimate of drug-likeness (QED) is 0.931. The molecule has 0 saturated carbocycles. The molecule has 0 bridgehead atoms. The highest BCUT2D eigenvalue weighted by molar-refractivity contribution is 5.74. The summed E-state index contributed by atoms with van der Waals surface area (Å²) in [6.45, 7) is 8.89. The molecule has 1 aromatic carbocycles. The highest BCUT2D eigenvalue weighted by atomic mass is 16.2. The maximum absolute atomic E-state index is 12.7. The Morgan fingerprint density at radius 3 is 2.54 bits per heavy atom. The average Bonchev–Trinajstić information content (AvgIpc) is 2.53. The first-order valence-electron chi connectivity index (χ1n) is 8.11. The smallest absolute Gasteiger partial charge is 0.317 e. The zero-order valence-electron chi connectivity index (χ0n) is 15.1. The molecule has 1 aromatic heterocycles. The number of rotatable bonds is 4. The summed E-state index contributed by atoms with van der Waals surface area (Å²) < 4.78 is 0. The predicted molar refractivity (Wildman–Crippen MR) is 95.4 cm³/mol. The number of hydrogen-bond acceptors (Lipinski definition) is 3. The van der Waals surface area contributed by atoms with Gasteiger partial charge < -0.3 is 10.2 Å². The average molecular weight is 326 g/mol. The van der Waals surface area contributed by atoms with Gasteiger partial charge in [0.2, 0.25) is 0 Å². The van der Waals surface area contributed by atoms with Crippen molar-refractivity contribution in [2.45, 2.75) is 40.3 Å². The summed E-state index contributed by atoms with van der Waals surface area (Å²) in [6, 6.07) is 7.98. The Morgan fingerprint density at radius 2 is 1.96 bits per heavy atom. The molecule has 0 fully saturated rings. The van der Waals surface area contributed by atoms with Crippen molar-refractivity contribution in [3.05, 3.63) is 59.7 Å². The molecule has 0 aliphatic rings. The van der Waals surface area contributed by atoms with Crippen molar-refractivity contribution in [3.8, 4) is 0 Å². The SMILES string of the molecule is Cc1ccccc1[C@H](NC(=O)N(C)Cc1cnccn1)C(C)(C)C. The van der Waals surface area contributed by atoms with Crippen LogP contribution in [0.1, 0.15) is 43.6 Å². The van der Waals surface area contributed by atoms with Crippen molar-refractivity contribution in [2.75, 3.05) is 7.05 Å². The number of aryl methyl sites for hydroxylation is 1. The van der Waals surface area contributed by atoms with E-state index in [1.54, 1.807) is 30.5 Å². The summed E-state index contributed by atoms with van der Waals surface area (Å²) >= 11 is 0. The maximum Gasteiger partial charge on any atom is 0.317 e. The molecular formula is C19H26N4O. The zero-order valence-corrected chi connectivity index (χ0v) is 15.1. The lowest BCUT2D eigenvalue weighted by atomic mass is 9.81. The molecule has 0 spiro atoms. The van der Waals surface area contributed by atoms with Gasteiger partial charge in [0.15, 0.2) is 0 Å². The van der Waals surface area contributed by atoms with E-state index in [0.29, 0.717) is 6.54 Å². The van der Waals surface area contributed by atoms with Gasteiger partial charge in [-0.3, -0.25) is 9.97 Å². The Balaban J connectivity index is 2.15. The van der Waals surface area contributed by atoms with Gasteiger partial charge in [0, 0.05) is 19.4 Å². The molecule has 5 heteroatoms. The maximum atomic E-state index is 12.7. The number of aromatic nitrogens is 2. The summed E-state index contributed by atoms with van der Waals surface area (Å²) in [5.41, 5.74) is 2.98. The number of amides is 2. The molecule has 0 radical (unpaired) electrons. The molecule has 1 atom stereocenters. The summed E-state index contributed by atoms with van der Waals surface area (Å²) in [4.78, 5) is 22.5. The van der Waals surface area contributed by atoms with Crippen molar-refractivity contribution in [3.63, 3.8) is 0 Å². The normalized spacial score (nSPS) is 12.5. The molecule has 2 amide bonds. The van der Waals surface area contributed by atoms with Gasteiger partial charge in [-0.15, -0.1) is 0 Å². The van der Waals surface area contributed by atoms with E-state index in [-0.39, 0.29) is 17.5 Å². The van der Waals surface area contributed by atoms with Crippen molar-refractivity contribution >= 4 is 6.03 Å². The molecule has 0 aliphatic carbocycles. The third kappa shape index (κ3) is 4.54. The van der Waals surface area contributed by atoms with Gasteiger partial charge in [0.25, 0.3) is 0 Å². The Kier molecular flexibility index (Phi) is 5.54. The molecule has 1 heterocycles. The van der Waals surface area contributed by atoms with Crippen molar-refractivity contribution in [1.29, 1.82) is 0 Å². The first-order valence-corrected chi connectivity index (χ1v) is 8.11. The van der Waals surface area contributed by atoms with Gasteiger partial charge in [0.05, 0.1) is 24.5 Å². The van der Waals surface area contributed by atoms with E-state index in [0.717, 1.165) is 11.3 Å². The molecular weight excluding hydrogens is 300 g/mol. The number of nitrogens with one attached hydrogen (secondary N) is 1. The fraction of sp³-hybridized carbons (Fsp3) is 0.421. The standard InChI is InChI=1S/C19H26N4O/c1-14-8-6-7-9-16(14)17(19(2,3)4)22-18(24)23(5)13-15-12-20-10-11-21-15/h6-12,17H,13H2,1-5H3,(H,22,24)/t17-/m0/s1. The van der Waals surface area contributed by atoms with Crippen molar-refractivity contribution < 1.29 is 4.79 Å². The topological polar surface area (TPSA) is 58.1 Å². The van der Waals surface area contributed by atoms with Crippen LogP contribution < -0.4 is 5.32 Å². The lowest BCUT2D eigenvalue weighted by Crippen LogP contribution is -2.43. The molecule has 1 N–H and O–H groups in total. The van der Waals surface area contributed by atoms with Crippen LogP contribution in [0.5, 0.6) is 0 Å². The third-order valence-corrected chi connectivity index (χ3v) is 4.00. The predicted octanol–water partition coefficient (Wildman–Crippen LogP) is 3.71. The van der Waals surface area contributed by atoms with Gasteiger partial charge in [-0.25, -0.2) is 4.79 Å². The van der Waals surface area contributed by atoms with Crippen LogP contribution in [-0.4, -0.2) is 27.9 Å². The Labute approximate surface area is 144 Å². The van der Waals surface area contributed by atoms with Crippen LogP contribution in [0.4, 0.5) is 4.79 Å². The van der Waals surface area contributed by atoms with Gasteiger partial charge in [0.1, 0.15) is 0 Å². The van der Waals surface area contributed by atoms with Crippen LogP contribution in [-0.2, 0) is 6.54 Å². The van der Waals surface area contributed by atoms with Crippen molar-refractivity contribution in [2.24, 2.45) is 5.41 Å². The number of carbonyl (C=O) groups excluding carboxylic acids is 1. The molecule has 2 aromatic rings. The van der Waals surface area contributed by atoms with E-state index in [4.69, 9.17) is 0 Å². The second-order valence-corrected chi connectivity index (χ2v) is 7.16. The van der Waals surface area contributed by atoms with E-state index < -0.39 is 0 Å². The number of carbonyl (C=O) groups is 1. The fourth-order valence-corrected chi connectivity index (χ4v) is 2.63. The van der Waals surface area contributed by atoms with Crippen LogP contribution in [0.25, 0.3) is 0 Å². The summed E-state index contributed by atoms with van der Waals surface area (Å²) in [6.07, 6.45) is 4.93. The number of hydrogen-bond donors (Lipinski definition) is 1. The van der Waals surface area contributed by atoms with Gasteiger partial charge in [-0.05, 0) is 23.5 Å². The van der Waals surface area contributed by atoms with E-state index >= 15 is 0 Å². The van der Waals surface area contributed by atoms with Crippen LogP contribution in [0.3, 0.4) is 0 Å².